The lowest BCUT2D eigenvalue weighted by atomic mass is 9.96. The Kier molecular flexibility index (Phi) is 7.16. The predicted molar refractivity (Wildman–Crippen MR) is 238 cm³/mol. The first-order valence-electron chi connectivity index (χ1n) is 19.5. The lowest BCUT2D eigenvalue weighted by Crippen LogP contribution is -2.02. The minimum absolute atomic E-state index is 0.602. The van der Waals surface area contributed by atoms with Gasteiger partial charge in [0.1, 0.15) is 11.2 Å². The molecule has 0 N–H and O–H groups in total. The van der Waals surface area contributed by atoms with Gasteiger partial charge in [-0.15, -0.1) is 0 Å². The van der Waals surface area contributed by atoms with Crippen LogP contribution in [0.15, 0.2) is 199 Å². The van der Waals surface area contributed by atoms with E-state index in [9.17, 15) is 0 Å². The van der Waals surface area contributed by atoms with E-state index in [2.05, 4.69) is 126 Å². The van der Waals surface area contributed by atoms with E-state index in [4.69, 9.17) is 19.4 Å². The van der Waals surface area contributed by atoms with E-state index in [-0.39, 0.29) is 0 Å². The molecule has 0 saturated carbocycles. The molecule has 0 atom stereocenters. The Balaban J connectivity index is 1.17. The van der Waals surface area contributed by atoms with E-state index >= 15 is 0 Å². The highest BCUT2D eigenvalue weighted by Crippen LogP contribution is 2.42. The first kappa shape index (κ1) is 32.4. The maximum Gasteiger partial charge on any atom is 0.164 e. The van der Waals surface area contributed by atoms with Crippen LogP contribution in [0.4, 0.5) is 0 Å². The van der Waals surface area contributed by atoms with Crippen LogP contribution >= 0.6 is 0 Å². The van der Waals surface area contributed by atoms with Gasteiger partial charge >= 0.3 is 0 Å². The average molecular weight is 741 g/mol. The molecule has 12 aromatic rings. The Morgan fingerprint density at radius 2 is 0.966 bits per heavy atom. The van der Waals surface area contributed by atoms with Gasteiger partial charge in [0, 0.05) is 43.9 Å². The molecule has 0 aliphatic heterocycles. The van der Waals surface area contributed by atoms with Crippen LogP contribution in [0.2, 0.25) is 0 Å². The smallest absolute Gasteiger partial charge is 0.164 e. The molecular formula is C53H32N4O. The van der Waals surface area contributed by atoms with Crippen molar-refractivity contribution >= 4 is 65.3 Å². The molecule has 3 heterocycles. The summed E-state index contributed by atoms with van der Waals surface area (Å²) in [5, 5.41) is 9.48. The maximum absolute atomic E-state index is 6.30. The van der Waals surface area contributed by atoms with Crippen molar-refractivity contribution in [3.05, 3.63) is 194 Å². The summed E-state index contributed by atoms with van der Waals surface area (Å²) in [5.74, 6) is 1.85. The standard InChI is InChI=1S/C53H32N4O/c1-3-14-34(15-4-1)51-54-52(35-16-5-2-6-17-35)56-53(55-51)42-26-25-39(32-43(42)38-24-28-49-44(30-38)41-21-11-12-22-48(41)58-49)57-46-27-23-33-13-9-10-20-40(33)50(46)45-29-36-18-7-8-19-37(36)31-47(45)57/h1-32H. The van der Waals surface area contributed by atoms with Crippen LogP contribution < -0.4 is 0 Å². The maximum atomic E-state index is 6.30. The Labute approximate surface area is 333 Å². The van der Waals surface area contributed by atoms with Gasteiger partial charge in [-0.3, -0.25) is 0 Å². The van der Waals surface area contributed by atoms with Gasteiger partial charge in [-0.2, -0.15) is 0 Å². The number of rotatable bonds is 5. The van der Waals surface area contributed by atoms with E-state index in [0.29, 0.717) is 17.5 Å². The van der Waals surface area contributed by atoms with Crippen LogP contribution in [0.25, 0.3) is 116 Å². The number of benzene rings is 9. The number of para-hydroxylation sites is 1. The Bertz CT molecular complexity index is 3510. The van der Waals surface area contributed by atoms with Crippen molar-refractivity contribution < 1.29 is 4.42 Å². The molecule has 5 nitrogen and oxygen atoms in total. The van der Waals surface area contributed by atoms with Gasteiger partial charge < -0.3 is 8.98 Å². The highest BCUT2D eigenvalue weighted by Gasteiger charge is 2.21. The van der Waals surface area contributed by atoms with E-state index in [1.807, 2.05) is 72.8 Å². The third-order valence-electron chi connectivity index (χ3n) is 11.4. The zero-order chi connectivity index (χ0) is 38.2. The van der Waals surface area contributed by atoms with E-state index < -0.39 is 0 Å². The van der Waals surface area contributed by atoms with Gasteiger partial charge in [0.2, 0.25) is 0 Å². The summed E-state index contributed by atoms with van der Waals surface area (Å²) >= 11 is 0. The fraction of sp³-hybridized carbons (Fsp3) is 0. The number of fused-ring (bicyclic) bond motifs is 9. The second kappa shape index (κ2) is 12.8. The van der Waals surface area contributed by atoms with Gasteiger partial charge in [-0.05, 0) is 87.3 Å². The van der Waals surface area contributed by atoms with Crippen molar-refractivity contribution in [1.29, 1.82) is 0 Å². The molecule has 58 heavy (non-hydrogen) atoms. The summed E-state index contributed by atoms with van der Waals surface area (Å²) in [6.45, 7) is 0. The van der Waals surface area contributed by atoms with Gasteiger partial charge in [0.25, 0.3) is 0 Å². The quantitative estimate of drug-likeness (QED) is 0.176. The molecular weight excluding hydrogens is 709 g/mol. The van der Waals surface area contributed by atoms with E-state index in [1.165, 1.54) is 32.3 Å². The van der Waals surface area contributed by atoms with Crippen molar-refractivity contribution in [3.8, 4) is 51.0 Å². The van der Waals surface area contributed by atoms with Crippen LogP contribution in [-0.4, -0.2) is 19.5 Å². The highest BCUT2D eigenvalue weighted by atomic mass is 16.3. The van der Waals surface area contributed by atoms with E-state index in [1.54, 1.807) is 0 Å². The first-order chi connectivity index (χ1) is 28.7. The lowest BCUT2D eigenvalue weighted by molar-refractivity contribution is 0.669. The van der Waals surface area contributed by atoms with Crippen LogP contribution in [0.3, 0.4) is 0 Å². The molecule has 0 fully saturated rings. The molecule has 0 aliphatic rings. The molecule has 0 radical (unpaired) electrons. The second-order valence-electron chi connectivity index (χ2n) is 14.8. The molecule has 0 saturated heterocycles. The molecule has 12 rings (SSSR count). The molecule has 0 amide bonds. The van der Waals surface area contributed by atoms with Crippen LogP contribution in [-0.2, 0) is 0 Å². The molecule has 0 unspecified atom stereocenters. The highest BCUT2D eigenvalue weighted by molar-refractivity contribution is 6.23. The van der Waals surface area contributed by atoms with Crippen molar-refractivity contribution in [3.63, 3.8) is 0 Å². The summed E-state index contributed by atoms with van der Waals surface area (Å²) in [4.78, 5) is 15.4. The monoisotopic (exact) mass is 740 g/mol. The van der Waals surface area contributed by atoms with E-state index in [0.717, 1.165) is 66.5 Å². The zero-order valence-electron chi connectivity index (χ0n) is 31.2. The summed E-state index contributed by atoms with van der Waals surface area (Å²) in [6, 6.07) is 68.2. The summed E-state index contributed by atoms with van der Waals surface area (Å²) < 4.78 is 8.72. The molecule has 5 heteroatoms. The summed E-state index contributed by atoms with van der Waals surface area (Å²) in [5.41, 5.74) is 9.87. The van der Waals surface area contributed by atoms with Gasteiger partial charge in [0.05, 0.1) is 11.0 Å². The topological polar surface area (TPSA) is 56.7 Å². The minimum atomic E-state index is 0.602. The third-order valence-corrected chi connectivity index (χ3v) is 11.4. The molecule has 9 aromatic carbocycles. The second-order valence-corrected chi connectivity index (χ2v) is 14.8. The first-order valence-corrected chi connectivity index (χ1v) is 19.5. The van der Waals surface area contributed by atoms with Crippen molar-refractivity contribution in [2.75, 3.05) is 0 Å². The average Bonchev–Trinajstić information content (AvgIpc) is 3.83. The fourth-order valence-electron chi connectivity index (χ4n) is 8.68. The SMILES string of the molecule is c1ccc(-c2nc(-c3ccccc3)nc(-c3ccc(-n4c5cc6ccccc6cc5c5c6ccccc6ccc54)cc3-c3ccc4oc5ccccc5c4c3)n2)cc1. The van der Waals surface area contributed by atoms with Crippen molar-refractivity contribution in [1.82, 2.24) is 19.5 Å². The van der Waals surface area contributed by atoms with Crippen molar-refractivity contribution in [2.24, 2.45) is 0 Å². The molecule has 0 bridgehead atoms. The number of aromatic nitrogens is 4. The minimum Gasteiger partial charge on any atom is -0.456 e. The third kappa shape index (κ3) is 5.14. The number of nitrogens with zero attached hydrogens (tertiary/aromatic N) is 4. The Hall–Kier alpha value is -7.89. The largest absolute Gasteiger partial charge is 0.456 e. The molecule has 0 spiro atoms. The normalized spacial score (nSPS) is 11.8. The lowest BCUT2D eigenvalue weighted by Gasteiger charge is -2.16. The summed E-state index contributed by atoms with van der Waals surface area (Å²) in [7, 11) is 0. The van der Waals surface area contributed by atoms with Gasteiger partial charge in [-0.1, -0.05) is 140 Å². The molecule has 270 valence electrons. The van der Waals surface area contributed by atoms with Gasteiger partial charge in [-0.25, -0.2) is 15.0 Å². The zero-order valence-corrected chi connectivity index (χ0v) is 31.2. The fourth-order valence-corrected chi connectivity index (χ4v) is 8.68. The van der Waals surface area contributed by atoms with Gasteiger partial charge in [0.15, 0.2) is 17.5 Å². The molecule has 0 aliphatic carbocycles. The number of furan rings is 1. The Morgan fingerprint density at radius 1 is 0.345 bits per heavy atom. The van der Waals surface area contributed by atoms with Crippen LogP contribution in [0.1, 0.15) is 0 Å². The molecule has 3 aromatic heterocycles. The Morgan fingerprint density at radius 3 is 1.72 bits per heavy atom. The predicted octanol–water partition coefficient (Wildman–Crippen LogP) is 13.8. The van der Waals surface area contributed by atoms with Crippen LogP contribution in [0.5, 0.6) is 0 Å². The van der Waals surface area contributed by atoms with Crippen LogP contribution in [0, 0.1) is 0 Å². The summed E-state index contributed by atoms with van der Waals surface area (Å²) in [6.07, 6.45) is 0. The number of hydrogen-bond acceptors (Lipinski definition) is 4. The van der Waals surface area contributed by atoms with Crippen molar-refractivity contribution in [2.45, 2.75) is 0 Å². The number of hydrogen-bond donors (Lipinski definition) is 0.